The minimum Gasteiger partial charge on any atom is -0.366 e. The van der Waals surface area contributed by atoms with Crippen LogP contribution in [0.5, 0.6) is 0 Å². The van der Waals surface area contributed by atoms with Gasteiger partial charge < -0.3 is 16.5 Å². The molecule has 1 aromatic carbocycles. The molecular weight excluding hydrogens is 252 g/mol. The molecule has 0 atom stereocenters. The first-order chi connectivity index (χ1) is 8.90. The first-order valence-corrected chi connectivity index (χ1v) is 5.15. The third-order valence-electron chi connectivity index (χ3n) is 2.55. The average molecular weight is 262 g/mol. The lowest BCUT2D eigenvalue weighted by Crippen LogP contribution is -2.34. The SMILES string of the molecule is NC(=O)c1ccc2c(=O)[nH]c(N(O)C(N)=O)cc2c1. The van der Waals surface area contributed by atoms with E-state index in [1.807, 2.05) is 0 Å². The van der Waals surface area contributed by atoms with Gasteiger partial charge in [-0.05, 0) is 29.7 Å². The van der Waals surface area contributed by atoms with E-state index in [9.17, 15) is 19.6 Å². The Hall–Kier alpha value is -2.87. The molecule has 0 spiro atoms. The molecule has 1 aromatic heterocycles. The van der Waals surface area contributed by atoms with Crippen molar-refractivity contribution in [2.24, 2.45) is 11.5 Å². The zero-order valence-corrected chi connectivity index (χ0v) is 9.58. The van der Waals surface area contributed by atoms with Crippen LogP contribution in [0.1, 0.15) is 10.4 Å². The number of carbonyl (C=O) groups excluding carboxylic acids is 2. The number of anilines is 1. The van der Waals surface area contributed by atoms with E-state index in [2.05, 4.69) is 4.98 Å². The molecule has 19 heavy (non-hydrogen) atoms. The summed E-state index contributed by atoms with van der Waals surface area (Å²) in [5.41, 5.74) is 9.67. The fourth-order valence-corrected chi connectivity index (χ4v) is 1.64. The molecule has 0 radical (unpaired) electrons. The zero-order valence-electron chi connectivity index (χ0n) is 9.58. The fraction of sp³-hybridized carbons (Fsp3) is 0. The second kappa shape index (κ2) is 4.42. The number of pyridine rings is 1. The van der Waals surface area contributed by atoms with Crippen molar-refractivity contribution in [1.82, 2.24) is 4.98 Å². The minimum absolute atomic E-state index is 0.0950. The minimum atomic E-state index is -1.15. The number of nitrogens with two attached hydrogens (primary N) is 2. The van der Waals surface area contributed by atoms with Gasteiger partial charge in [-0.2, -0.15) is 5.06 Å². The van der Waals surface area contributed by atoms with E-state index in [-0.39, 0.29) is 21.8 Å². The second-order valence-electron chi connectivity index (χ2n) is 3.80. The van der Waals surface area contributed by atoms with Gasteiger partial charge in [-0.15, -0.1) is 0 Å². The standard InChI is InChI=1S/C11H10N4O4/c12-9(16)5-1-2-7-6(3-5)4-8(14-10(7)17)15(19)11(13)18/h1-4,19H,(H2,12,16)(H2,13,18)(H,14,17). The third-order valence-corrected chi connectivity index (χ3v) is 2.55. The van der Waals surface area contributed by atoms with Gasteiger partial charge in [0, 0.05) is 10.9 Å². The average Bonchev–Trinajstić information content (AvgIpc) is 2.36. The molecule has 0 unspecified atom stereocenters. The van der Waals surface area contributed by atoms with Crippen molar-refractivity contribution in [2.75, 3.05) is 5.06 Å². The number of carbonyl (C=O) groups is 2. The first kappa shape index (κ1) is 12.6. The molecule has 0 aliphatic carbocycles. The summed E-state index contributed by atoms with van der Waals surface area (Å²) >= 11 is 0. The Balaban J connectivity index is 2.69. The number of hydrogen-bond acceptors (Lipinski definition) is 4. The van der Waals surface area contributed by atoms with Crippen LogP contribution in [0.4, 0.5) is 10.6 Å². The Morgan fingerprint density at radius 1 is 1.21 bits per heavy atom. The number of fused-ring (bicyclic) bond motifs is 1. The fourth-order valence-electron chi connectivity index (χ4n) is 1.64. The van der Waals surface area contributed by atoms with Crippen LogP contribution in [0.2, 0.25) is 0 Å². The van der Waals surface area contributed by atoms with E-state index < -0.39 is 17.5 Å². The van der Waals surface area contributed by atoms with Gasteiger partial charge in [-0.25, -0.2) is 4.79 Å². The van der Waals surface area contributed by atoms with Gasteiger partial charge in [0.1, 0.15) is 5.82 Å². The molecule has 0 saturated heterocycles. The molecule has 0 saturated carbocycles. The van der Waals surface area contributed by atoms with Crippen molar-refractivity contribution in [3.63, 3.8) is 0 Å². The van der Waals surface area contributed by atoms with Crippen LogP contribution >= 0.6 is 0 Å². The Kier molecular flexibility index (Phi) is 2.93. The van der Waals surface area contributed by atoms with Crippen LogP contribution in [0.15, 0.2) is 29.1 Å². The number of H-pyrrole nitrogens is 1. The maximum atomic E-state index is 11.7. The third kappa shape index (κ3) is 2.24. The van der Waals surface area contributed by atoms with Crippen LogP contribution in [-0.2, 0) is 0 Å². The molecule has 3 amide bonds. The summed E-state index contributed by atoms with van der Waals surface area (Å²) in [5, 5.41) is 10.1. The van der Waals surface area contributed by atoms with E-state index in [0.717, 1.165) is 0 Å². The monoisotopic (exact) mass is 262 g/mol. The number of nitrogens with one attached hydrogen (secondary N) is 1. The Morgan fingerprint density at radius 2 is 1.89 bits per heavy atom. The normalized spacial score (nSPS) is 10.4. The van der Waals surface area contributed by atoms with Crippen molar-refractivity contribution in [2.45, 2.75) is 0 Å². The number of rotatable bonds is 2. The number of aromatic nitrogens is 1. The predicted molar refractivity (Wildman–Crippen MR) is 66.9 cm³/mol. The topological polar surface area (TPSA) is 143 Å². The quantitative estimate of drug-likeness (QED) is 0.442. The molecule has 1 heterocycles. The van der Waals surface area contributed by atoms with Gasteiger partial charge in [-0.1, -0.05) is 0 Å². The number of amides is 3. The van der Waals surface area contributed by atoms with Crippen LogP contribution < -0.4 is 22.1 Å². The highest BCUT2D eigenvalue weighted by Gasteiger charge is 2.12. The number of aromatic amines is 1. The molecule has 8 nitrogen and oxygen atoms in total. The first-order valence-electron chi connectivity index (χ1n) is 5.15. The summed E-state index contributed by atoms with van der Waals surface area (Å²) in [4.78, 5) is 35.9. The Morgan fingerprint density at radius 3 is 2.47 bits per heavy atom. The van der Waals surface area contributed by atoms with Gasteiger partial charge in [0.15, 0.2) is 0 Å². The summed E-state index contributed by atoms with van der Waals surface area (Å²) in [6.07, 6.45) is 0. The lowest BCUT2D eigenvalue weighted by molar-refractivity contribution is 0.100. The summed E-state index contributed by atoms with van der Waals surface area (Å²) in [6.45, 7) is 0. The smallest absolute Gasteiger partial charge is 0.344 e. The number of benzene rings is 1. The highest BCUT2D eigenvalue weighted by Crippen LogP contribution is 2.17. The highest BCUT2D eigenvalue weighted by atomic mass is 16.5. The largest absolute Gasteiger partial charge is 0.366 e. The molecule has 0 bridgehead atoms. The van der Waals surface area contributed by atoms with Crippen LogP contribution in [-0.4, -0.2) is 22.1 Å². The molecule has 2 aromatic rings. The van der Waals surface area contributed by atoms with Gasteiger partial charge in [0.25, 0.3) is 5.56 Å². The van der Waals surface area contributed by atoms with Crippen molar-refractivity contribution in [3.8, 4) is 0 Å². The summed E-state index contributed by atoms with van der Waals surface area (Å²) in [7, 11) is 0. The second-order valence-corrected chi connectivity index (χ2v) is 3.80. The maximum Gasteiger partial charge on any atom is 0.344 e. The lowest BCUT2D eigenvalue weighted by Gasteiger charge is -2.12. The van der Waals surface area contributed by atoms with Crippen molar-refractivity contribution < 1.29 is 14.8 Å². The van der Waals surface area contributed by atoms with Crippen LogP contribution in [0.3, 0.4) is 0 Å². The number of hydroxylamine groups is 1. The molecule has 0 fully saturated rings. The molecule has 8 heteroatoms. The van der Waals surface area contributed by atoms with Crippen LogP contribution in [0.25, 0.3) is 10.8 Å². The van der Waals surface area contributed by atoms with Crippen molar-refractivity contribution in [1.29, 1.82) is 0 Å². The van der Waals surface area contributed by atoms with Gasteiger partial charge in [0.05, 0.1) is 0 Å². The van der Waals surface area contributed by atoms with E-state index >= 15 is 0 Å². The summed E-state index contributed by atoms with van der Waals surface area (Å²) in [6, 6.07) is 4.36. The van der Waals surface area contributed by atoms with E-state index in [4.69, 9.17) is 11.5 Å². The van der Waals surface area contributed by atoms with Crippen molar-refractivity contribution >= 4 is 28.5 Å². The molecule has 6 N–H and O–H groups in total. The number of hydrogen-bond donors (Lipinski definition) is 4. The van der Waals surface area contributed by atoms with E-state index in [1.54, 1.807) is 0 Å². The number of urea groups is 1. The lowest BCUT2D eigenvalue weighted by atomic mass is 10.1. The number of primary amides is 2. The van der Waals surface area contributed by atoms with Crippen LogP contribution in [0, 0.1) is 0 Å². The molecule has 98 valence electrons. The molecule has 0 aliphatic rings. The summed E-state index contributed by atoms with van der Waals surface area (Å²) in [5.74, 6) is -0.855. The van der Waals surface area contributed by atoms with E-state index in [0.29, 0.717) is 5.39 Å². The Labute approximate surface area is 106 Å². The van der Waals surface area contributed by atoms with Crippen molar-refractivity contribution in [3.05, 3.63) is 40.2 Å². The molecular formula is C11H10N4O4. The molecule has 0 aliphatic heterocycles. The molecule has 2 rings (SSSR count). The highest BCUT2D eigenvalue weighted by molar-refractivity contribution is 5.98. The van der Waals surface area contributed by atoms with Gasteiger partial charge >= 0.3 is 6.03 Å². The van der Waals surface area contributed by atoms with Gasteiger partial charge in [-0.3, -0.25) is 14.8 Å². The zero-order chi connectivity index (χ0) is 14.2. The predicted octanol–water partition coefficient (Wildman–Crippen LogP) is -0.0987. The van der Waals surface area contributed by atoms with E-state index in [1.165, 1.54) is 24.3 Å². The Bertz CT molecular complexity index is 737. The summed E-state index contributed by atoms with van der Waals surface area (Å²) < 4.78 is 0. The van der Waals surface area contributed by atoms with Gasteiger partial charge in [0.2, 0.25) is 5.91 Å². The maximum absolute atomic E-state index is 11.7. The number of nitrogens with zero attached hydrogens (tertiary/aromatic N) is 1.